The highest BCUT2D eigenvalue weighted by Crippen LogP contribution is 2.28. The summed E-state index contributed by atoms with van der Waals surface area (Å²) in [4.78, 5) is 29.1. The summed E-state index contributed by atoms with van der Waals surface area (Å²) in [6.45, 7) is 2.20. The Morgan fingerprint density at radius 1 is 1.47 bits per heavy atom. The summed E-state index contributed by atoms with van der Waals surface area (Å²) in [5.74, 6) is -0.201. The van der Waals surface area contributed by atoms with Gasteiger partial charge >= 0.3 is 11.7 Å². The van der Waals surface area contributed by atoms with E-state index in [1.165, 1.54) is 13.4 Å². The fourth-order valence-electron chi connectivity index (χ4n) is 1.38. The first-order valence-electron chi connectivity index (χ1n) is 5.66. The predicted molar refractivity (Wildman–Crippen MR) is 68.0 cm³/mol. The normalized spacial score (nSPS) is 9.79. The van der Waals surface area contributed by atoms with Crippen molar-refractivity contribution in [1.29, 1.82) is 0 Å². The molecule has 0 bridgehead atoms. The summed E-state index contributed by atoms with van der Waals surface area (Å²) in [7, 11) is 1.53. The molecule has 0 saturated carbocycles. The average molecular weight is 269 g/mol. The van der Waals surface area contributed by atoms with E-state index in [0.717, 1.165) is 0 Å². The number of carbonyl (C=O) groups excluding carboxylic acids is 1. The molecule has 0 fully saturated rings. The molecule has 1 aromatic heterocycles. The third-order valence-electron chi connectivity index (χ3n) is 2.17. The molecule has 104 valence electrons. The molecule has 0 amide bonds. The van der Waals surface area contributed by atoms with Gasteiger partial charge < -0.3 is 15.4 Å². The summed E-state index contributed by atoms with van der Waals surface area (Å²) >= 11 is 0. The van der Waals surface area contributed by atoms with Gasteiger partial charge in [-0.2, -0.15) is 0 Å². The van der Waals surface area contributed by atoms with Gasteiger partial charge in [-0.15, -0.1) is 0 Å². The molecule has 0 aliphatic rings. The van der Waals surface area contributed by atoms with Crippen molar-refractivity contribution in [2.45, 2.75) is 13.3 Å². The number of hydrogen-bond acceptors (Lipinski definition) is 8. The van der Waals surface area contributed by atoms with Crippen LogP contribution in [-0.2, 0) is 9.53 Å². The van der Waals surface area contributed by atoms with E-state index < -0.39 is 4.92 Å². The van der Waals surface area contributed by atoms with Crippen LogP contribution >= 0.6 is 0 Å². The van der Waals surface area contributed by atoms with Crippen molar-refractivity contribution in [1.82, 2.24) is 9.97 Å². The van der Waals surface area contributed by atoms with Crippen molar-refractivity contribution in [3.63, 3.8) is 0 Å². The highest BCUT2D eigenvalue weighted by atomic mass is 16.6. The summed E-state index contributed by atoms with van der Waals surface area (Å²) in [6, 6.07) is 0. The van der Waals surface area contributed by atoms with Crippen LogP contribution in [0.2, 0.25) is 0 Å². The Labute approximate surface area is 109 Å². The number of ether oxygens (including phenoxy) is 1. The van der Waals surface area contributed by atoms with Crippen LogP contribution in [0.3, 0.4) is 0 Å². The molecule has 0 saturated heterocycles. The molecule has 2 N–H and O–H groups in total. The van der Waals surface area contributed by atoms with Gasteiger partial charge in [-0.1, -0.05) is 0 Å². The molecule has 0 spiro atoms. The fraction of sp³-hybridized carbons (Fsp3) is 0.500. The number of carbonyl (C=O) groups is 1. The molecule has 1 rings (SSSR count). The van der Waals surface area contributed by atoms with Crippen LogP contribution in [0.5, 0.6) is 0 Å². The van der Waals surface area contributed by atoms with E-state index in [0.29, 0.717) is 6.61 Å². The molecule has 1 heterocycles. The standard InChI is InChI=1S/C10H15N5O4/c1-3-19-7(16)4-5-12-10-8(15(17)18)9(11-2)13-6-14-10/h6H,3-5H2,1-2H3,(H2,11,12,13,14). The third-order valence-corrected chi connectivity index (χ3v) is 2.17. The molecule has 0 aliphatic carbocycles. The quantitative estimate of drug-likeness (QED) is 0.423. The molecule has 0 unspecified atom stereocenters. The van der Waals surface area contributed by atoms with E-state index in [2.05, 4.69) is 20.6 Å². The SMILES string of the molecule is CCOC(=O)CCNc1ncnc(NC)c1[N+](=O)[O-]. The van der Waals surface area contributed by atoms with E-state index in [4.69, 9.17) is 4.74 Å². The largest absolute Gasteiger partial charge is 0.466 e. The average Bonchev–Trinajstić information content (AvgIpc) is 2.38. The van der Waals surface area contributed by atoms with Crippen LogP contribution < -0.4 is 10.6 Å². The van der Waals surface area contributed by atoms with E-state index >= 15 is 0 Å². The third kappa shape index (κ3) is 4.05. The Balaban J connectivity index is 2.73. The van der Waals surface area contributed by atoms with Crippen molar-refractivity contribution in [2.24, 2.45) is 0 Å². The van der Waals surface area contributed by atoms with E-state index in [1.807, 2.05) is 0 Å². The van der Waals surface area contributed by atoms with Gasteiger partial charge in [0, 0.05) is 13.6 Å². The second kappa shape index (κ2) is 7.09. The van der Waals surface area contributed by atoms with Crippen molar-refractivity contribution in [3.05, 3.63) is 16.4 Å². The zero-order valence-corrected chi connectivity index (χ0v) is 10.7. The van der Waals surface area contributed by atoms with E-state index in [9.17, 15) is 14.9 Å². The Morgan fingerprint density at radius 3 is 2.74 bits per heavy atom. The van der Waals surface area contributed by atoms with Gasteiger partial charge in [0.15, 0.2) is 0 Å². The smallest absolute Gasteiger partial charge is 0.353 e. The lowest BCUT2D eigenvalue weighted by atomic mass is 10.4. The molecule has 9 heteroatoms. The molecule has 0 aromatic carbocycles. The van der Waals surface area contributed by atoms with Crippen LogP contribution in [0.25, 0.3) is 0 Å². The second-order valence-electron chi connectivity index (χ2n) is 3.41. The molecule has 0 atom stereocenters. The molecule has 0 aliphatic heterocycles. The predicted octanol–water partition coefficient (Wildman–Crippen LogP) is 0.792. The number of aromatic nitrogens is 2. The monoisotopic (exact) mass is 269 g/mol. The maximum absolute atomic E-state index is 11.1. The number of nitrogens with zero attached hydrogens (tertiary/aromatic N) is 3. The van der Waals surface area contributed by atoms with E-state index in [-0.39, 0.29) is 36.3 Å². The van der Waals surface area contributed by atoms with Gasteiger partial charge in [0.2, 0.25) is 11.6 Å². The number of esters is 1. The Bertz CT molecular complexity index is 465. The summed E-state index contributed by atoms with van der Waals surface area (Å²) < 4.78 is 4.74. The van der Waals surface area contributed by atoms with Crippen LogP contribution in [0.4, 0.5) is 17.3 Å². The molecule has 0 radical (unpaired) electrons. The van der Waals surface area contributed by atoms with Crippen molar-refractivity contribution >= 4 is 23.3 Å². The van der Waals surface area contributed by atoms with Crippen molar-refractivity contribution in [2.75, 3.05) is 30.8 Å². The number of nitrogens with one attached hydrogen (secondary N) is 2. The number of hydrogen-bond donors (Lipinski definition) is 2. The summed E-state index contributed by atoms with van der Waals surface area (Å²) in [5.41, 5.74) is -0.256. The highest BCUT2D eigenvalue weighted by molar-refractivity contribution is 5.72. The second-order valence-corrected chi connectivity index (χ2v) is 3.41. The Morgan fingerprint density at radius 2 is 2.16 bits per heavy atom. The number of rotatable bonds is 7. The summed E-state index contributed by atoms with van der Waals surface area (Å²) in [6.07, 6.45) is 1.30. The minimum absolute atomic E-state index is 0.0636. The first-order valence-corrected chi connectivity index (χ1v) is 5.66. The maximum atomic E-state index is 11.1. The lowest BCUT2D eigenvalue weighted by Gasteiger charge is -2.07. The van der Waals surface area contributed by atoms with Crippen LogP contribution in [0.15, 0.2) is 6.33 Å². The minimum Gasteiger partial charge on any atom is -0.466 e. The van der Waals surface area contributed by atoms with Gasteiger partial charge in [0.1, 0.15) is 6.33 Å². The first-order chi connectivity index (χ1) is 9.10. The lowest BCUT2D eigenvalue weighted by Crippen LogP contribution is -2.13. The minimum atomic E-state index is -0.585. The van der Waals surface area contributed by atoms with Crippen LogP contribution in [-0.4, -0.2) is 41.1 Å². The molecule has 9 nitrogen and oxygen atoms in total. The number of anilines is 2. The Kier molecular flexibility index (Phi) is 5.45. The lowest BCUT2D eigenvalue weighted by molar-refractivity contribution is -0.383. The molecular weight excluding hydrogens is 254 g/mol. The fourth-order valence-corrected chi connectivity index (χ4v) is 1.38. The van der Waals surface area contributed by atoms with Crippen LogP contribution in [0.1, 0.15) is 13.3 Å². The van der Waals surface area contributed by atoms with E-state index in [1.54, 1.807) is 6.92 Å². The van der Waals surface area contributed by atoms with Gasteiger partial charge in [0.25, 0.3) is 0 Å². The maximum Gasteiger partial charge on any atom is 0.353 e. The molecular formula is C10H15N5O4. The first kappa shape index (κ1) is 14.6. The van der Waals surface area contributed by atoms with Crippen LogP contribution in [0, 0.1) is 10.1 Å². The zero-order chi connectivity index (χ0) is 14.3. The van der Waals surface area contributed by atoms with Gasteiger partial charge in [0.05, 0.1) is 18.0 Å². The zero-order valence-electron chi connectivity index (χ0n) is 10.7. The highest BCUT2D eigenvalue weighted by Gasteiger charge is 2.21. The topological polar surface area (TPSA) is 119 Å². The van der Waals surface area contributed by atoms with Gasteiger partial charge in [-0.3, -0.25) is 14.9 Å². The Hall–Kier alpha value is -2.45. The van der Waals surface area contributed by atoms with Crippen molar-refractivity contribution < 1.29 is 14.5 Å². The van der Waals surface area contributed by atoms with Gasteiger partial charge in [-0.05, 0) is 6.92 Å². The molecule has 19 heavy (non-hydrogen) atoms. The van der Waals surface area contributed by atoms with Gasteiger partial charge in [-0.25, -0.2) is 9.97 Å². The van der Waals surface area contributed by atoms with Crippen molar-refractivity contribution in [3.8, 4) is 0 Å². The summed E-state index contributed by atoms with van der Waals surface area (Å²) in [5, 5.41) is 16.3. The molecule has 1 aromatic rings. The number of nitro groups is 1.